The van der Waals surface area contributed by atoms with Crippen LogP contribution in [-0.2, 0) is 16.4 Å². The highest BCUT2D eigenvalue weighted by Crippen LogP contribution is 2.10. The summed E-state index contributed by atoms with van der Waals surface area (Å²) in [4.78, 5) is 0.363. The summed E-state index contributed by atoms with van der Waals surface area (Å²) >= 11 is 0. The zero-order valence-corrected chi connectivity index (χ0v) is 12.5. The standard InChI is InChI=1S/C14H24N2O2S/c1-3-4-13(9-15)11-16-10-12-5-7-14(8-6-12)19(2,17)18/h5-8,13,16H,3-4,9-11,15H2,1-2H3. The van der Waals surface area contributed by atoms with E-state index in [2.05, 4.69) is 12.2 Å². The van der Waals surface area contributed by atoms with E-state index in [1.54, 1.807) is 12.1 Å². The summed E-state index contributed by atoms with van der Waals surface area (Å²) in [5.74, 6) is 0.514. The van der Waals surface area contributed by atoms with Crippen molar-refractivity contribution in [2.45, 2.75) is 31.2 Å². The predicted octanol–water partition coefficient (Wildman–Crippen LogP) is 1.55. The normalized spacial score (nSPS) is 13.4. The summed E-state index contributed by atoms with van der Waals surface area (Å²) in [5, 5.41) is 3.37. The molecule has 0 aliphatic rings. The molecule has 19 heavy (non-hydrogen) atoms. The Morgan fingerprint density at radius 2 is 1.89 bits per heavy atom. The van der Waals surface area contributed by atoms with Crippen molar-refractivity contribution >= 4 is 9.84 Å². The molecule has 1 unspecified atom stereocenters. The quantitative estimate of drug-likeness (QED) is 0.760. The molecule has 0 bridgehead atoms. The third-order valence-electron chi connectivity index (χ3n) is 3.14. The van der Waals surface area contributed by atoms with E-state index >= 15 is 0 Å². The van der Waals surface area contributed by atoms with Gasteiger partial charge in [0.1, 0.15) is 0 Å². The van der Waals surface area contributed by atoms with Gasteiger partial charge in [-0.2, -0.15) is 0 Å². The molecule has 0 radical (unpaired) electrons. The Morgan fingerprint density at radius 3 is 2.37 bits per heavy atom. The fourth-order valence-electron chi connectivity index (χ4n) is 1.99. The number of nitrogens with two attached hydrogens (primary N) is 1. The molecule has 0 fully saturated rings. The van der Waals surface area contributed by atoms with E-state index in [4.69, 9.17) is 5.73 Å². The lowest BCUT2D eigenvalue weighted by Gasteiger charge is -2.14. The van der Waals surface area contributed by atoms with E-state index in [9.17, 15) is 8.42 Å². The first-order valence-electron chi connectivity index (χ1n) is 6.67. The molecule has 0 amide bonds. The Hall–Kier alpha value is -0.910. The van der Waals surface area contributed by atoms with Gasteiger partial charge in [0.2, 0.25) is 0 Å². The summed E-state index contributed by atoms with van der Waals surface area (Å²) in [6.07, 6.45) is 3.50. The second-order valence-corrected chi connectivity index (χ2v) is 6.95. The molecule has 0 aliphatic carbocycles. The van der Waals surface area contributed by atoms with Crippen LogP contribution in [0.5, 0.6) is 0 Å². The largest absolute Gasteiger partial charge is 0.330 e. The second kappa shape index (κ2) is 7.62. The van der Waals surface area contributed by atoms with Crippen LogP contribution in [0.3, 0.4) is 0 Å². The Morgan fingerprint density at radius 1 is 1.26 bits per heavy atom. The minimum atomic E-state index is -3.10. The van der Waals surface area contributed by atoms with Gasteiger partial charge in [-0.3, -0.25) is 0 Å². The van der Waals surface area contributed by atoms with Gasteiger partial charge in [-0.05, 0) is 43.1 Å². The van der Waals surface area contributed by atoms with Crippen molar-refractivity contribution in [1.82, 2.24) is 5.32 Å². The number of sulfone groups is 1. The monoisotopic (exact) mass is 284 g/mol. The fraction of sp³-hybridized carbons (Fsp3) is 0.571. The minimum absolute atomic E-state index is 0.363. The molecule has 0 spiro atoms. The van der Waals surface area contributed by atoms with Crippen LogP contribution in [0.15, 0.2) is 29.2 Å². The first-order valence-corrected chi connectivity index (χ1v) is 8.56. The summed E-state index contributed by atoms with van der Waals surface area (Å²) in [6.45, 7) is 4.50. The number of nitrogens with one attached hydrogen (secondary N) is 1. The molecule has 0 heterocycles. The van der Waals surface area contributed by atoms with Crippen molar-refractivity contribution in [2.24, 2.45) is 11.7 Å². The van der Waals surface area contributed by atoms with Crippen molar-refractivity contribution in [3.8, 4) is 0 Å². The molecule has 1 aromatic carbocycles. The zero-order chi connectivity index (χ0) is 14.3. The van der Waals surface area contributed by atoms with E-state index in [1.807, 2.05) is 12.1 Å². The predicted molar refractivity (Wildman–Crippen MR) is 78.7 cm³/mol. The molecule has 108 valence electrons. The maximum Gasteiger partial charge on any atom is 0.175 e. The number of rotatable bonds is 8. The van der Waals surface area contributed by atoms with E-state index in [0.29, 0.717) is 17.4 Å². The first-order chi connectivity index (χ1) is 8.97. The Bertz CT molecular complexity index is 469. The van der Waals surface area contributed by atoms with Gasteiger partial charge >= 0.3 is 0 Å². The Kier molecular flexibility index (Phi) is 6.48. The summed E-state index contributed by atoms with van der Waals surface area (Å²) < 4.78 is 22.7. The minimum Gasteiger partial charge on any atom is -0.330 e. The number of benzene rings is 1. The highest BCUT2D eigenvalue weighted by molar-refractivity contribution is 7.90. The lowest BCUT2D eigenvalue weighted by Crippen LogP contribution is -2.27. The third-order valence-corrected chi connectivity index (χ3v) is 4.27. The van der Waals surface area contributed by atoms with Crippen LogP contribution in [0.1, 0.15) is 25.3 Å². The van der Waals surface area contributed by atoms with E-state index < -0.39 is 9.84 Å². The van der Waals surface area contributed by atoms with Gasteiger partial charge in [0, 0.05) is 12.8 Å². The molecular weight excluding hydrogens is 260 g/mol. The Balaban J connectivity index is 2.46. The highest BCUT2D eigenvalue weighted by Gasteiger charge is 2.07. The van der Waals surface area contributed by atoms with Crippen LogP contribution < -0.4 is 11.1 Å². The van der Waals surface area contributed by atoms with Crippen LogP contribution in [0.25, 0.3) is 0 Å². The average molecular weight is 284 g/mol. The summed E-state index contributed by atoms with van der Waals surface area (Å²) in [7, 11) is -3.10. The van der Waals surface area contributed by atoms with Gasteiger partial charge in [-0.1, -0.05) is 25.5 Å². The molecular formula is C14H24N2O2S. The van der Waals surface area contributed by atoms with Crippen molar-refractivity contribution in [2.75, 3.05) is 19.3 Å². The molecule has 1 rings (SSSR count). The van der Waals surface area contributed by atoms with Crippen molar-refractivity contribution in [1.29, 1.82) is 0 Å². The molecule has 1 aromatic rings. The van der Waals surface area contributed by atoms with Crippen LogP contribution in [0, 0.1) is 5.92 Å². The lowest BCUT2D eigenvalue weighted by molar-refractivity contribution is 0.449. The maximum atomic E-state index is 11.3. The van der Waals surface area contributed by atoms with Gasteiger partial charge in [-0.25, -0.2) is 8.42 Å². The van der Waals surface area contributed by atoms with Crippen molar-refractivity contribution in [3.63, 3.8) is 0 Å². The summed E-state index contributed by atoms with van der Waals surface area (Å²) in [5.41, 5.74) is 6.78. The highest BCUT2D eigenvalue weighted by atomic mass is 32.2. The average Bonchev–Trinajstić information content (AvgIpc) is 2.37. The van der Waals surface area contributed by atoms with Crippen LogP contribution >= 0.6 is 0 Å². The zero-order valence-electron chi connectivity index (χ0n) is 11.7. The molecule has 0 saturated heterocycles. The van der Waals surface area contributed by atoms with E-state index in [0.717, 1.165) is 31.5 Å². The van der Waals surface area contributed by atoms with Crippen LogP contribution in [0.2, 0.25) is 0 Å². The second-order valence-electron chi connectivity index (χ2n) is 4.94. The van der Waals surface area contributed by atoms with Crippen LogP contribution in [-0.4, -0.2) is 27.8 Å². The Labute approximate surface area is 116 Å². The topological polar surface area (TPSA) is 72.2 Å². The van der Waals surface area contributed by atoms with Crippen LogP contribution in [0.4, 0.5) is 0 Å². The molecule has 0 saturated carbocycles. The van der Waals surface area contributed by atoms with E-state index in [-0.39, 0.29) is 0 Å². The summed E-state index contributed by atoms with van der Waals surface area (Å²) in [6, 6.07) is 7.00. The number of hydrogen-bond donors (Lipinski definition) is 2. The molecule has 1 atom stereocenters. The first kappa shape index (κ1) is 16.1. The van der Waals surface area contributed by atoms with Gasteiger partial charge < -0.3 is 11.1 Å². The number of hydrogen-bond acceptors (Lipinski definition) is 4. The molecule has 0 aromatic heterocycles. The smallest absolute Gasteiger partial charge is 0.175 e. The molecule has 5 heteroatoms. The third kappa shape index (κ3) is 5.72. The van der Waals surface area contributed by atoms with E-state index in [1.165, 1.54) is 6.26 Å². The van der Waals surface area contributed by atoms with Gasteiger partial charge in [-0.15, -0.1) is 0 Å². The fourth-order valence-corrected chi connectivity index (χ4v) is 2.62. The molecule has 4 nitrogen and oxygen atoms in total. The molecule has 0 aliphatic heterocycles. The van der Waals surface area contributed by atoms with Gasteiger partial charge in [0.15, 0.2) is 9.84 Å². The van der Waals surface area contributed by atoms with Crippen molar-refractivity contribution in [3.05, 3.63) is 29.8 Å². The SMILES string of the molecule is CCCC(CN)CNCc1ccc(S(C)(=O)=O)cc1. The molecule has 3 N–H and O–H groups in total. The van der Waals surface area contributed by atoms with Crippen molar-refractivity contribution < 1.29 is 8.42 Å². The van der Waals surface area contributed by atoms with Gasteiger partial charge in [0.05, 0.1) is 4.90 Å². The maximum absolute atomic E-state index is 11.3. The van der Waals surface area contributed by atoms with Gasteiger partial charge in [0.25, 0.3) is 0 Å². The lowest BCUT2D eigenvalue weighted by atomic mass is 10.0.